The second kappa shape index (κ2) is 5.64. The predicted octanol–water partition coefficient (Wildman–Crippen LogP) is 0.556. The van der Waals surface area contributed by atoms with E-state index in [0.717, 1.165) is 25.9 Å². The Morgan fingerprint density at radius 2 is 1.94 bits per heavy atom. The Morgan fingerprint density at radius 3 is 2.44 bits per heavy atom. The number of rotatable bonds is 3. The maximum atomic E-state index is 12.1. The predicted molar refractivity (Wildman–Crippen MR) is 65.8 cm³/mol. The Kier molecular flexibility index (Phi) is 4.74. The molecule has 1 amide bonds. The van der Waals surface area contributed by atoms with E-state index in [1.807, 2.05) is 25.7 Å². The third kappa shape index (κ3) is 3.19. The standard InChI is InChI=1S/C12H25N3O/c1-8(2)11(14)12(16)15-6-4-5-10(7-15)9(3)13/h8-11H,4-7,13-14H2,1-3H3/t9?,10?,11-/m0/s1. The molecule has 1 aliphatic rings. The molecule has 1 fully saturated rings. The minimum absolute atomic E-state index is 0.0837. The number of amides is 1. The number of likely N-dealkylation sites (tertiary alicyclic amines) is 1. The Morgan fingerprint density at radius 1 is 1.31 bits per heavy atom. The maximum Gasteiger partial charge on any atom is 0.239 e. The van der Waals surface area contributed by atoms with Crippen molar-refractivity contribution in [3.05, 3.63) is 0 Å². The number of carbonyl (C=O) groups is 1. The fourth-order valence-corrected chi connectivity index (χ4v) is 2.14. The number of piperidine rings is 1. The number of carbonyl (C=O) groups excluding carboxylic acids is 1. The van der Waals surface area contributed by atoms with Crippen molar-refractivity contribution in [2.24, 2.45) is 23.3 Å². The van der Waals surface area contributed by atoms with Crippen LogP contribution in [0.25, 0.3) is 0 Å². The third-order valence-electron chi connectivity index (χ3n) is 3.52. The van der Waals surface area contributed by atoms with Crippen molar-refractivity contribution >= 4 is 5.91 Å². The van der Waals surface area contributed by atoms with Gasteiger partial charge in [0.2, 0.25) is 5.91 Å². The quantitative estimate of drug-likeness (QED) is 0.740. The second-order valence-corrected chi connectivity index (χ2v) is 5.32. The molecule has 0 aromatic carbocycles. The van der Waals surface area contributed by atoms with E-state index in [1.165, 1.54) is 0 Å². The van der Waals surface area contributed by atoms with Gasteiger partial charge in [-0.25, -0.2) is 0 Å². The fourth-order valence-electron chi connectivity index (χ4n) is 2.14. The highest BCUT2D eigenvalue weighted by molar-refractivity contribution is 5.82. The van der Waals surface area contributed by atoms with Gasteiger partial charge in [-0.1, -0.05) is 13.8 Å². The maximum absolute atomic E-state index is 12.1. The van der Waals surface area contributed by atoms with Crippen LogP contribution in [-0.4, -0.2) is 36.0 Å². The molecule has 0 aliphatic carbocycles. The van der Waals surface area contributed by atoms with Gasteiger partial charge in [0.1, 0.15) is 0 Å². The van der Waals surface area contributed by atoms with E-state index >= 15 is 0 Å². The van der Waals surface area contributed by atoms with Crippen molar-refractivity contribution in [1.29, 1.82) is 0 Å². The summed E-state index contributed by atoms with van der Waals surface area (Å²) < 4.78 is 0. The van der Waals surface area contributed by atoms with Crippen molar-refractivity contribution in [2.45, 2.75) is 45.7 Å². The number of nitrogens with two attached hydrogens (primary N) is 2. The lowest BCUT2D eigenvalue weighted by Crippen LogP contribution is -2.52. The Balaban J connectivity index is 2.56. The minimum atomic E-state index is -0.369. The lowest BCUT2D eigenvalue weighted by atomic mass is 9.91. The lowest BCUT2D eigenvalue weighted by Gasteiger charge is -2.36. The monoisotopic (exact) mass is 227 g/mol. The van der Waals surface area contributed by atoms with Crippen molar-refractivity contribution in [2.75, 3.05) is 13.1 Å². The van der Waals surface area contributed by atoms with Gasteiger partial charge in [-0.3, -0.25) is 4.79 Å². The SMILES string of the molecule is CC(N)C1CCCN(C(=O)[C@@H](N)C(C)C)C1. The first-order chi connectivity index (χ1) is 7.43. The van der Waals surface area contributed by atoms with Gasteiger partial charge >= 0.3 is 0 Å². The summed E-state index contributed by atoms with van der Waals surface area (Å²) in [5, 5.41) is 0. The van der Waals surface area contributed by atoms with Gasteiger partial charge in [0.15, 0.2) is 0 Å². The molecule has 1 heterocycles. The molecule has 4 nitrogen and oxygen atoms in total. The van der Waals surface area contributed by atoms with Crippen molar-refractivity contribution in [3.63, 3.8) is 0 Å². The second-order valence-electron chi connectivity index (χ2n) is 5.32. The zero-order chi connectivity index (χ0) is 12.3. The van der Waals surface area contributed by atoms with Crippen LogP contribution in [0.5, 0.6) is 0 Å². The summed E-state index contributed by atoms with van der Waals surface area (Å²) in [6, 6.07) is -0.210. The van der Waals surface area contributed by atoms with Gasteiger partial charge in [0.05, 0.1) is 6.04 Å². The molecule has 0 radical (unpaired) electrons. The smallest absolute Gasteiger partial charge is 0.239 e. The number of hydrogen-bond acceptors (Lipinski definition) is 3. The Bertz CT molecular complexity index is 240. The topological polar surface area (TPSA) is 72.3 Å². The molecule has 1 aliphatic heterocycles. The summed E-state index contributed by atoms with van der Waals surface area (Å²) in [7, 11) is 0. The van der Waals surface area contributed by atoms with E-state index in [4.69, 9.17) is 11.5 Å². The van der Waals surface area contributed by atoms with Gasteiger partial charge in [0, 0.05) is 19.1 Å². The van der Waals surface area contributed by atoms with Crippen LogP contribution in [0.4, 0.5) is 0 Å². The average molecular weight is 227 g/mol. The van der Waals surface area contributed by atoms with Gasteiger partial charge < -0.3 is 16.4 Å². The molecule has 4 N–H and O–H groups in total. The van der Waals surface area contributed by atoms with Gasteiger partial charge in [-0.15, -0.1) is 0 Å². The van der Waals surface area contributed by atoms with Crippen LogP contribution in [-0.2, 0) is 4.79 Å². The highest BCUT2D eigenvalue weighted by Crippen LogP contribution is 2.19. The molecular formula is C12H25N3O. The Labute approximate surface area is 98.3 Å². The molecule has 0 aromatic rings. The van der Waals surface area contributed by atoms with Gasteiger partial charge in [0.25, 0.3) is 0 Å². The highest BCUT2D eigenvalue weighted by atomic mass is 16.2. The molecule has 3 atom stereocenters. The molecule has 0 saturated carbocycles. The summed E-state index contributed by atoms with van der Waals surface area (Å²) in [5.74, 6) is 0.709. The molecule has 1 rings (SSSR count). The summed E-state index contributed by atoms with van der Waals surface area (Å²) in [6.45, 7) is 7.59. The first-order valence-electron chi connectivity index (χ1n) is 6.23. The summed E-state index contributed by atoms with van der Waals surface area (Å²) in [4.78, 5) is 14.0. The molecule has 0 bridgehead atoms. The van der Waals surface area contributed by atoms with E-state index in [0.29, 0.717) is 5.92 Å². The molecule has 0 spiro atoms. The van der Waals surface area contributed by atoms with Crippen LogP contribution in [0.2, 0.25) is 0 Å². The molecule has 16 heavy (non-hydrogen) atoms. The zero-order valence-electron chi connectivity index (χ0n) is 10.6. The van der Waals surface area contributed by atoms with Crippen LogP contribution in [0.3, 0.4) is 0 Å². The summed E-state index contributed by atoms with van der Waals surface area (Å²) in [5.41, 5.74) is 11.8. The molecule has 2 unspecified atom stereocenters. The summed E-state index contributed by atoms with van der Waals surface area (Å²) in [6.07, 6.45) is 2.17. The summed E-state index contributed by atoms with van der Waals surface area (Å²) >= 11 is 0. The van der Waals surface area contributed by atoms with E-state index in [-0.39, 0.29) is 23.9 Å². The van der Waals surface area contributed by atoms with Crippen LogP contribution in [0.15, 0.2) is 0 Å². The van der Waals surface area contributed by atoms with Crippen molar-refractivity contribution < 1.29 is 4.79 Å². The highest BCUT2D eigenvalue weighted by Gasteiger charge is 2.29. The molecular weight excluding hydrogens is 202 g/mol. The van der Waals surface area contributed by atoms with E-state index in [9.17, 15) is 4.79 Å². The van der Waals surface area contributed by atoms with E-state index < -0.39 is 0 Å². The number of nitrogens with zero attached hydrogens (tertiary/aromatic N) is 1. The van der Waals surface area contributed by atoms with Gasteiger partial charge in [-0.2, -0.15) is 0 Å². The fraction of sp³-hybridized carbons (Fsp3) is 0.917. The van der Waals surface area contributed by atoms with Crippen LogP contribution >= 0.6 is 0 Å². The molecule has 4 heteroatoms. The normalized spacial score (nSPS) is 25.6. The van der Waals surface area contributed by atoms with Crippen molar-refractivity contribution in [3.8, 4) is 0 Å². The first kappa shape index (κ1) is 13.5. The first-order valence-corrected chi connectivity index (χ1v) is 6.23. The van der Waals surface area contributed by atoms with Crippen molar-refractivity contribution in [1.82, 2.24) is 4.90 Å². The minimum Gasteiger partial charge on any atom is -0.341 e. The average Bonchev–Trinajstić information content (AvgIpc) is 2.27. The number of hydrogen-bond donors (Lipinski definition) is 2. The van der Waals surface area contributed by atoms with Crippen LogP contribution < -0.4 is 11.5 Å². The van der Waals surface area contributed by atoms with E-state index in [2.05, 4.69) is 0 Å². The van der Waals surface area contributed by atoms with Crippen LogP contribution in [0.1, 0.15) is 33.6 Å². The van der Waals surface area contributed by atoms with Gasteiger partial charge in [-0.05, 0) is 31.6 Å². The lowest BCUT2D eigenvalue weighted by molar-refractivity contribution is -0.135. The third-order valence-corrected chi connectivity index (χ3v) is 3.52. The molecule has 1 saturated heterocycles. The van der Waals surface area contributed by atoms with Crippen LogP contribution in [0, 0.1) is 11.8 Å². The zero-order valence-corrected chi connectivity index (χ0v) is 10.6. The Hall–Kier alpha value is -0.610. The largest absolute Gasteiger partial charge is 0.341 e. The molecule has 0 aromatic heterocycles. The molecule has 94 valence electrons. The van der Waals surface area contributed by atoms with E-state index in [1.54, 1.807) is 0 Å².